The predicted octanol–water partition coefficient (Wildman–Crippen LogP) is 1.24. The molecule has 5 heteroatoms. The number of aromatic nitrogens is 1. The van der Waals surface area contributed by atoms with Gasteiger partial charge in [-0.15, -0.1) is 0 Å². The number of nitrogens with two attached hydrogens (primary N) is 1. The van der Waals surface area contributed by atoms with Gasteiger partial charge in [0.2, 0.25) is 0 Å². The summed E-state index contributed by atoms with van der Waals surface area (Å²) < 4.78 is 0. The van der Waals surface area contributed by atoms with Crippen LogP contribution in [0.2, 0.25) is 0 Å². The summed E-state index contributed by atoms with van der Waals surface area (Å²) in [7, 11) is 4.35. The first kappa shape index (κ1) is 14.4. The summed E-state index contributed by atoms with van der Waals surface area (Å²) in [6, 6.07) is 4.65. The smallest absolute Gasteiger partial charge is 0.123 e. The Labute approximate surface area is 120 Å². The van der Waals surface area contributed by atoms with E-state index in [2.05, 4.69) is 34.9 Å². The standard InChI is InChI=1S/C14H22N4S/c1-17(10-12-6-4-8-18(12)2)9-11-5-3-7-16-13(11)14(15)19/h3,5,7,12H,4,6,8-10H2,1-2H3,(H2,15,19). The van der Waals surface area contributed by atoms with Crippen molar-refractivity contribution in [1.29, 1.82) is 0 Å². The first-order valence-electron chi connectivity index (χ1n) is 6.70. The van der Waals surface area contributed by atoms with Crippen LogP contribution in [0, 0.1) is 0 Å². The molecule has 0 spiro atoms. The quantitative estimate of drug-likeness (QED) is 0.821. The number of hydrogen-bond acceptors (Lipinski definition) is 4. The van der Waals surface area contributed by atoms with E-state index in [1.165, 1.54) is 19.4 Å². The van der Waals surface area contributed by atoms with Crippen LogP contribution < -0.4 is 5.73 Å². The number of thiocarbonyl (C=S) groups is 1. The molecule has 19 heavy (non-hydrogen) atoms. The number of rotatable bonds is 5. The van der Waals surface area contributed by atoms with Gasteiger partial charge in [0.15, 0.2) is 0 Å². The third kappa shape index (κ3) is 3.72. The first-order chi connectivity index (χ1) is 9.08. The number of likely N-dealkylation sites (tertiary alicyclic amines) is 1. The van der Waals surface area contributed by atoms with E-state index in [0.29, 0.717) is 11.0 Å². The fourth-order valence-corrected chi connectivity index (χ4v) is 2.90. The lowest BCUT2D eigenvalue weighted by atomic mass is 10.1. The van der Waals surface area contributed by atoms with Gasteiger partial charge in [-0.05, 0) is 45.1 Å². The summed E-state index contributed by atoms with van der Waals surface area (Å²) >= 11 is 5.05. The summed E-state index contributed by atoms with van der Waals surface area (Å²) in [4.78, 5) is 9.41. The number of hydrogen-bond donors (Lipinski definition) is 1. The van der Waals surface area contributed by atoms with E-state index in [9.17, 15) is 0 Å². The molecule has 1 fully saturated rings. The Morgan fingerprint density at radius 2 is 2.42 bits per heavy atom. The van der Waals surface area contributed by atoms with Gasteiger partial charge in [-0.25, -0.2) is 0 Å². The average Bonchev–Trinajstić information content (AvgIpc) is 2.75. The summed E-state index contributed by atoms with van der Waals surface area (Å²) in [5, 5.41) is 0. The van der Waals surface area contributed by atoms with E-state index in [1.54, 1.807) is 6.20 Å². The highest BCUT2D eigenvalue weighted by Crippen LogP contribution is 2.16. The molecule has 1 atom stereocenters. The van der Waals surface area contributed by atoms with Crippen LogP contribution in [0.3, 0.4) is 0 Å². The molecule has 0 bridgehead atoms. The van der Waals surface area contributed by atoms with Crippen molar-refractivity contribution in [3.63, 3.8) is 0 Å². The Balaban J connectivity index is 1.98. The third-order valence-electron chi connectivity index (χ3n) is 3.76. The van der Waals surface area contributed by atoms with Gasteiger partial charge in [-0.2, -0.15) is 0 Å². The van der Waals surface area contributed by atoms with Crippen molar-refractivity contribution in [2.45, 2.75) is 25.4 Å². The fraction of sp³-hybridized carbons (Fsp3) is 0.571. The minimum atomic E-state index is 0.377. The second kappa shape index (κ2) is 6.41. The summed E-state index contributed by atoms with van der Waals surface area (Å²) in [5.41, 5.74) is 7.58. The monoisotopic (exact) mass is 278 g/mol. The molecule has 1 aliphatic rings. The lowest BCUT2D eigenvalue weighted by Gasteiger charge is -2.26. The van der Waals surface area contributed by atoms with Crippen LogP contribution >= 0.6 is 12.2 Å². The highest BCUT2D eigenvalue weighted by atomic mass is 32.1. The van der Waals surface area contributed by atoms with Crippen molar-refractivity contribution >= 4 is 17.2 Å². The Morgan fingerprint density at radius 3 is 3.05 bits per heavy atom. The van der Waals surface area contributed by atoms with Gasteiger partial charge in [0.1, 0.15) is 10.7 Å². The minimum absolute atomic E-state index is 0.377. The average molecular weight is 278 g/mol. The topological polar surface area (TPSA) is 45.4 Å². The van der Waals surface area contributed by atoms with Crippen LogP contribution in [0.4, 0.5) is 0 Å². The van der Waals surface area contributed by atoms with Gasteiger partial charge < -0.3 is 15.5 Å². The zero-order valence-electron chi connectivity index (χ0n) is 11.7. The molecule has 2 rings (SSSR count). The number of pyridine rings is 1. The maximum Gasteiger partial charge on any atom is 0.123 e. The lowest BCUT2D eigenvalue weighted by molar-refractivity contribution is 0.215. The first-order valence-corrected chi connectivity index (χ1v) is 7.11. The van der Waals surface area contributed by atoms with Crippen molar-refractivity contribution in [1.82, 2.24) is 14.8 Å². The minimum Gasteiger partial charge on any atom is -0.388 e. The molecule has 4 nitrogen and oxygen atoms in total. The molecule has 1 aromatic rings. The zero-order chi connectivity index (χ0) is 13.8. The molecule has 1 saturated heterocycles. The maximum atomic E-state index is 5.72. The molecule has 0 aliphatic carbocycles. The highest BCUT2D eigenvalue weighted by Gasteiger charge is 2.22. The van der Waals surface area contributed by atoms with Gasteiger partial charge in [0.05, 0.1) is 0 Å². The molecule has 1 aromatic heterocycles. The van der Waals surface area contributed by atoms with Crippen molar-refractivity contribution in [3.05, 3.63) is 29.6 Å². The molecular formula is C14H22N4S. The summed E-state index contributed by atoms with van der Waals surface area (Å²) in [6.07, 6.45) is 4.33. The highest BCUT2D eigenvalue weighted by molar-refractivity contribution is 7.80. The largest absolute Gasteiger partial charge is 0.388 e. The van der Waals surface area contributed by atoms with E-state index < -0.39 is 0 Å². The maximum absolute atomic E-state index is 5.72. The summed E-state index contributed by atoms with van der Waals surface area (Å²) in [5.74, 6) is 0. The van der Waals surface area contributed by atoms with Crippen LogP contribution in [0.25, 0.3) is 0 Å². The Hall–Kier alpha value is -1.04. The van der Waals surface area contributed by atoms with Crippen molar-refractivity contribution < 1.29 is 0 Å². The second-order valence-corrected chi connectivity index (χ2v) is 5.79. The van der Waals surface area contributed by atoms with Gasteiger partial charge in [0.25, 0.3) is 0 Å². The molecule has 0 amide bonds. The van der Waals surface area contributed by atoms with Crippen molar-refractivity contribution in [2.75, 3.05) is 27.2 Å². The van der Waals surface area contributed by atoms with Gasteiger partial charge in [-0.1, -0.05) is 18.3 Å². The third-order valence-corrected chi connectivity index (χ3v) is 3.95. The van der Waals surface area contributed by atoms with Crippen LogP contribution in [0.15, 0.2) is 18.3 Å². The summed E-state index contributed by atoms with van der Waals surface area (Å²) in [6.45, 7) is 3.12. The van der Waals surface area contributed by atoms with Crippen molar-refractivity contribution in [2.24, 2.45) is 5.73 Å². The van der Waals surface area contributed by atoms with E-state index in [0.717, 1.165) is 24.3 Å². The Bertz CT molecular complexity index is 449. The molecular weight excluding hydrogens is 256 g/mol. The predicted molar refractivity (Wildman–Crippen MR) is 82.1 cm³/mol. The SMILES string of the molecule is CN(Cc1cccnc1C(N)=S)CC1CCCN1C. The Morgan fingerprint density at radius 1 is 1.63 bits per heavy atom. The molecule has 0 saturated carbocycles. The lowest BCUT2D eigenvalue weighted by Crippen LogP contribution is -2.36. The zero-order valence-corrected chi connectivity index (χ0v) is 12.5. The fourth-order valence-electron chi connectivity index (χ4n) is 2.71. The molecule has 1 unspecified atom stereocenters. The van der Waals surface area contributed by atoms with Gasteiger partial charge in [-0.3, -0.25) is 4.98 Å². The molecule has 2 N–H and O–H groups in total. The van der Waals surface area contributed by atoms with E-state index >= 15 is 0 Å². The number of likely N-dealkylation sites (N-methyl/N-ethyl adjacent to an activating group) is 2. The van der Waals surface area contributed by atoms with Gasteiger partial charge >= 0.3 is 0 Å². The molecule has 0 aromatic carbocycles. The van der Waals surface area contributed by atoms with E-state index in [-0.39, 0.29) is 0 Å². The van der Waals surface area contributed by atoms with Crippen molar-refractivity contribution in [3.8, 4) is 0 Å². The van der Waals surface area contributed by atoms with Gasteiger partial charge in [0, 0.05) is 25.3 Å². The Kier molecular flexibility index (Phi) is 4.85. The normalized spacial score (nSPS) is 20.1. The molecule has 104 valence electrons. The molecule has 2 heterocycles. The van der Waals surface area contributed by atoms with Crippen LogP contribution in [0.5, 0.6) is 0 Å². The van der Waals surface area contributed by atoms with Crippen LogP contribution in [0.1, 0.15) is 24.1 Å². The van der Waals surface area contributed by atoms with Crippen LogP contribution in [-0.4, -0.2) is 53.0 Å². The molecule has 1 aliphatic heterocycles. The molecule has 0 radical (unpaired) electrons. The van der Waals surface area contributed by atoms with Crippen LogP contribution in [-0.2, 0) is 6.54 Å². The van der Waals surface area contributed by atoms with E-state index in [1.807, 2.05) is 6.07 Å². The van der Waals surface area contributed by atoms with E-state index in [4.69, 9.17) is 18.0 Å². The second-order valence-electron chi connectivity index (χ2n) is 5.35. The number of nitrogens with zero attached hydrogens (tertiary/aromatic N) is 3.